The molecular formula is C11H16N2O3. The number of carbonyl (C=O) groups is 1. The van der Waals surface area contributed by atoms with Crippen molar-refractivity contribution in [2.24, 2.45) is 5.92 Å². The van der Waals surface area contributed by atoms with Crippen molar-refractivity contribution in [3.05, 3.63) is 11.3 Å². The number of hydrogen-bond donors (Lipinski definition) is 0. The minimum absolute atomic E-state index is 0.351. The Hall–Kier alpha value is -1.52. The molecule has 1 aliphatic heterocycles. The summed E-state index contributed by atoms with van der Waals surface area (Å²) in [5, 5.41) is 4.30. The summed E-state index contributed by atoms with van der Waals surface area (Å²) in [6.07, 6.45) is 0. The topological polar surface area (TPSA) is 53.3 Å². The van der Waals surface area contributed by atoms with Crippen molar-refractivity contribution >= 4 is 5.97 Å². The third-order valence-electron chi connectivity index (χ3n) is 2.55. The standard InChI is InChI=1S/C11H16N2O3/c1-4-15-11(14)9-8(3)12-13-5-7(2)6-16-10(9)13/h7H,4-6H2,1-3H3. The number of aromatic nitrogens is 2. The van der Waals surface area contributed by atoms with E-state index in [1.165, 1.54) is 0 Å². The second kappa shape index (κ2) is 4.15. The number of nitrogens with zero attached hydrogens (tertiary/aromatic N) is 2. The molecule has 1 aromatic rings. The Bertz CT molecular complexity index is 412. The molecule has 0 amide bonds. The van der Waals surface area contributed by atoms with Crippen LogP contribution >= 0.6 is 0 Å². The molecule has 1 aliphatic rings. The number of ether oxygens (including phenoxy) is 2. The Labute approximate surface area is 94.3 Å². The van der Waals surface area contributed by atoms with Gasteiger partial charge in [-0.1, -0.05) is 6.92 Å². The van der Waals surface area contributed by atoms with Gasteiger partial charge in [-0.2, -0.15) is 5.10 Å². The van der Waals surface area contributed by atoms with E-state index in [2.05, 4.69) is 12.0 Å². The molecular weight excluding hydrogens is 208 g/mol. The van der Waals surface area contributed by atoms with Gasteiger partial charge in [0.15, 0.2) is 0 Å². The molecule has 0 N–H and O–H groups in total. The van der Waals surface area contributed by atoms with Crippen LogP contribution in [-0.2, 0) is 11.3 Å². The predicted molar refractivity (Wildman–Crippen MR) is 57.6 cm³/mol. The van der Waals surface area contributed by atoms with Crippen LogP contribution in [0, 0.1) is 12.8 Å². The number of rotatable bonds is 2. The molecule has 16 heavy (non-hydrogen) atoms. The molecule has 5 heteroatoms. The minimum Gasteiger partial charge on any atom is -0.477 e. The van der Waals surface area contributed by atoms with Gasteiger partial charge in [-0.05, 0) is 13.8 Å². The highest BCUT2D eigenvalue weighted by molar-refractivity contribution is 5.93. The Morgan fingerprint density at radius 3 is 3.12 bits per heavy atom. The molecule has 0 aliphatic carbocycles. The Balaban J connectivity index is 2.35. The van der Waals surface area contributed by atoms with Crippen molar-refractivity contribution in [3.63, 3.8) is 0 Å². The zero-order valence-corrected chi connectivity index (χ0v) is 9.82. The lowest BCUT2D eigenvalue weighted by molar-refractivity contribution is 0.0516. The zero-order chi connectivity index (χ0) is 11.7. The van der Waals surface area contributed by atoms with E-state index in [1.807, 2.05) is 0 Å². The van der Waals surface area contributed by atoms with E-state index in [0.717, 1.165) is 6.54 Å². The zero-order valence-electron chi connectivity index (χ0n) is 9.82. The smallest absolute Gasteiger partial charge is 0.345 e. The molecule has 2 heterocycles. The highest BCUT2D eigenvalue weighted by Gasteiger charge is 2.28. The quantitative estimate of drug-likeness (QED) is 0.712. The second-order valence-electron chi connectivity index (χ2n) is 4.08. The summed E-state index contributed by atoms with van der Waals surface area (Å²) in [5.74, 6) is 0.617. The van der Waals surface area contributed by atoms with Gasteiger partial charge in [0.25, 0.3) is 0 Å². The monoisotopic (exact) mass is 224 g/mol. The first-order chi connectivity index (χ1) is 7.63. The fraction of sp³-hybridized carbons (Fsp3) is 0.636. The Morgan fingerprint density at radius 2 is 2.44 bits per heavy atom. The first-order valence-electron chi connectivity index (χ1n) is 5.50. The third kappa shape index (κ3) is 1.77. The molecule has 0 saturated heterocycles. The van der Waals surface area contributed by atoms with E-state index in [4.69, 9.17) is 9.47 Å². The van der Waals surface area contributed by atoms with E-state index in [0.29, 0.717) is 36.3 Å². The van der Waals surface area contributed by atoms with Gasteiger partial charge in [0.1, 0.15) is 5.56 Å². The predicted octanol–water partition coefficient (Wildman–Crippen LogP) is 1.40. The minimum atomic E-state index is -0.351. The van der Waals surface area contributed by atoms with Crippen LogP contribution in [0.1, 0.15) is 29.9 Å². The van der Waals surface area contributed by atoms with Gasteiger partial charge >= 0.3 is 5.97 Å². The lowest BCUT2D eigenvalue weighted by Crippen LogP contribution is -2.24. The van der Waals surface area contributed by atoms with Crippen LogP contribution in [0.2, 0.25) is 0 Å². The number of aryl methyl sites for hydroxylation is 1. The van der Waals surface area contributed by atoms with E-state index in [1.54, 1.807) is 18.5 Å². The Morgan fingerprint density at radius 1 is 1.69 bits per heavy atom. The Kier molecular flexibility index (Phi) is 2.85. The van der Waals surface area contributed by atoms with Crippen LogP contribution < -0.4 is 4.74 Å². The first kappa shape index (κ1) is 11.0. The molecule has 88 valence electrons. The van der Waals surface area contributed by atoms with Crippen LogP contribution in [-0.4, -0.2) is 29.0 Å². The fourth-order valence-electron chi connectivity index (χ4n) is 1.84. The van der Waals surface area contributed by atoms with Crippen molar-refractivity contribution in [3.8, 4) is 5.88 Å². The van der Waals surface area contributed by atoms with E-state index >= 15 is 0 Å². The van der Waals surface area contributed by atoms with Gasteiger partial charge in [-0.25, -0.2) is 9.48 Å². The summed E-state index contributed by atoms with van der Waals surface area (Å²) in [4.78, 5) is 11.7. The molecule has 0 bridgehead atoms. The lowest BCUT2D eigenvalue weighted by atomic mass is 10.2. The van der Waals surface area contributed by atoms with E-state index < -0.39 is 0 Å². The molecule has 0 fully saturated rings. The molecule has 1 aromatic heterocycles. The summed E-state index contributed by atoms with van der Waals surface area (Å²) in [5.41, 5.74) is 1.14. The maximum Gasteiger partial charge on any atom is 0.345 e. The van der Waals surface area contributed by atoms with Crippen molar-refractivity contribution < 1.29 is 14.3 Å². The summed E-state index contributed by atoms with van der Waals surface area (Å²) >= 11 is 0. The fourth-order valence-corrected chi connectivity index (χ4v) is 1.84. The van der Waals surface area contributed by atoms with Gasteiger partial charge < -0.3 is 9.47 Å². The maximum atomic E-state index is 11.7. The van der Waals surface area contributed by atoms with Gasteiger partial charge in [0.2, 0.25) is 5.88 Å². The number of fused-ring (bicyclic) bond motifs is 1. The summed E-state index contributed by atoms with van der Waals surface area (Å²) < 4.78 is 12.3. The average molecular weight is 224 g/mol. The molecule has 1 unspecified atom stereocenters. The lowest BCUT2D eigenvalue weighted by Gasteiger charge is -2.21. The molecule has 5 nitrogen and oxygen atoms in total. The molecule has 1 atom stereocenters. The molecule has 0 radical (unpaired) electrons. The first-order valence-corrected chi connectivity index (χ1v) is 5.50. The van der Waals surface area contributed by atoms with Crippen LogP contribution in [0.25, 0.3) is 0 Å². The van der Waals surface area contributed by atoms with Crippen molar-refractivity contribution in [2.75, 3.05) is 13.2 Å². The average Bonchev–Trinajstić information content (AvgIpc) is 2.53. The molecule has 2 rings (SSSR count). The molecule has 0 aromatic carbocycles. The van der Waals surface area contributed by atoms with Gasteiger partial charge in [0.05, 0.1) is 25.5 Å². The van der Waals surface area contributed by atoms with Gasteiger partial charge in [0, 0.05) is 5.92 Å². The largest absolute Gasteiger partial charge is 0.477 e. The van der Waals surface area contributed by atoms with Crippen molar-refractivity contribution in [1.29, 1.82) is 0 Å². The normalized spacial score (nSPS) is 18.8. The van der Waals surface area contributed by atoms with Crippen molar-refractivity contribution in [1.82, 2.24) is 9.78 Å². The molecule has 0 spiro atoms. The van der Waals surface area contributed by atoms with Crippen LogP contribution in [0.5, 0.6) is 5.88 Å². The summed E-state index contributed by atoms with van der Waals surface area (Å²) in [6, 6.07) is 0. The van der Waals surface area contributed by atoms with Crippen LogP contribution in [0.4, 0.5) is 0 Å². The van der Waals surface area contributed by atoms with Crippen LogP contribution in [0.3, 0.4) is 0 Å². The van der Waals surface area contributed by atoms with Crippen LogP contribution in [0.15, 0.2) is 0 Å². The highest BCUT2D eigenvalue weighted by atomic mass is 16.5. The SMILES string of the molecule is CCOC(=O)c1c(C)nn2c1OCC(C)C2. The number of esters is 1. The summed E-state index contributed by atoms with van der Waals surface area (Å²) in [7, 11) is 0. The van der Waals surface area contributed by atoms with Crippen molar-refractivity contribution in [2.45, 2.75) is 27.3 Å². The van der Waals surface area contributed by atoms with Gasteiger partial charge in [-0.3, -0.25) is 0 Å². The number of carbonyl (C=O) groups excluding carboxylic acids is 1. The van der Waals surface area contributed by atoms with E-state index in [9.17, 15) is 4.79 Å². The summed E-state index contributed by atoms with van der Waals surface area (Å²) in [6.45, 7) is 7.44. The van der Waals surface area contributed by atoms with E-state index in [-0.39, 0.29) is 5.97 Å². The maximum absolute atomic E-state index is 11.7. The third-order valence-corrected chi connectivity index (χ3v) is 2.55. The molecule has 0 saturated carbocycles. The second-order valence-corrected chi connectivity index (χ2v) is 4.08. The van der Waals surface area contributed by atoms with Gasteiger partial charge in [-0.15, -0.1) is 0 Å². The highest BCUT2D eigenvalue weighted by Crippen LogP contribution is 2.27. The number of hydrogen-bond acceptors (Lipinski definition) is 4.